The van der Waals surface area contributed by atoms with E-state index in [-0.39, 0.29) is 17.1 Å². The summed E-state index contributed by atoms with van der Waals surface area (Å²) in [5.41, 5.74) is 0.929. The molecule has 19 heavy (non-hydrogen) atoms. The van der Waals surface area contributed by atoms with Crippen molar-refractivity contribution in [2.45, 2.75) is 6.42 Å². The van der Waals surface area contributed by atoms with E-state index >= 15 is 0 Å². The molecule has 1 aromatic heterocycles. The molecule has 0 fully saturated rings. The number of hydrogen-bond donors (Lipinski definition) is 2. The van der Waals surface area contributed by atoms with Gasteiger partial charge in [0.25, 0.3) is 0 Å². The Labute approximate surface area is 110 Å². The first-order valence-electron chi connectivity index (χ1n) is 5.88. The molecule has 0 atom stereocenters. The molecule has 2 N–H and O–H groups in total. The van der Waals surface area contributed by atoms with Crippen molar-refractivity contribution in [3.8, 4) is 6.07 Å². The maximum absolute atomic E-state index is 11.0. The van der Waals surface area contributed by atoms with Crippen LogP contribution in [0.15, 0.2) is 23.9 Å². The minimum Gasteiger partial charge on any atom is -0.361 e. The van der Waals surface area contributed by atoms with E-state index < -0.39 is 4.92 Å². The van der Waals surface area contributed by atoms with Crippen molar-refractivity contribution in [2.24, 2.45) is 0 Å². The average molecular weight is 259 g/mol. The van der Waals surface area contributed by atoms with Gasteiger partial charge < -0.3 is 10.6 Å². The van der Waals surface area contributed by atoms with Gasteiger partial charge >= 0.3 is 5.69 Å². The Balaban J connectivity index is 2.18. The number of rotatable bonds is 4. The summed E-state index contributed by atoms with van der Waals surface area (Å²) in [6.45, 7) is 2.22. The number of anilines is 1. The first-order valence-corrected chi connectivity index (χ1v) is 5.88. The Morgan fingerprint density at radius 1 is 1.63 bits per heavy atom. The summed E-state index contributed by atoms with van der Waals surface area (Å²) in [5, 5.41) is 26.0. The number of aromatic nitrogens is 1. The third kappa shape index (κ3) is 3.05. The van der Waals surface area contributed by atoms with Gasteiger partial charge in [0.05, 0.1) is 4.92 Å². The normalized spacial score (nSPS) is 14.4. The number of hydrogen-bond acceptors (Lipinski definition) is 6. The van der Waals surface area contributed by atoms with Crippen LogP contribution in [0.2, 0.25) is 0 Å². The maximum Gasteiger partial charge on any atom is 0.328 e. The largest absolute Gasteiger partial charge is 0.361 e. The van der Waals surface area contributed by atoms with Crippen LogP contribution in [0.5, 0.6) is 0 Å². The predicted octanol–water partition coefficient (Wildman–Crippen LogP) is 1.19. The minimum atomic E-state index is -0.579. The molecule has 7 heteroatoms. The van der Waals surface area contributed by atoms with Crippen LogP contribution in [0.1, 0.15) is 12.0 Å². The van der Waals surface area contributed by atoms with Gasteiger partial charge in [0.2, 0.25) is 5.82 Å². The molecular formula is C12H13N5O2. The SMILES string of the molecule is N#Cc1ccnc(NCC2=CCNCC2)c1[N+](=O)[O-]. The van der Waals surface area contributed by atoms with Gasteiger partial charge in [-0.25, -0.2) is 4.98 Å². The van der Waals surface area contributed by atoms with Crippen molar-refractivity contribution in [2.75, 3.05) is 25.0 Å². The Morgan fingerprint density at radius 2 is 2.47 bits per heavy atom. The summed E-state index contributed by atoms with van der Waals surface area (Å²) in [6, 6.07) is 3.15. The maximum atomic E-state index is 11.0. The number of nitriles is 1. The second-order valence-corrected chi connectivity index (χ2v) is 4.09. The van der Waals surface area contributed by atoms with E-state index in [4.69, 9.17) is 5.26 Å². The van der Waals surface area contributed by atoms with Gasteiger partial charge in [-0.1, -0.05) is 11.6 Å². The van der Waals surface area contributed by atoms with E-state index in [1.54, 1.807) is 0 Å². The van der Waals surface area contributed by atoms with Gasteiger partial charge in [-0.3, -0.25) is 10.1 Å². The Bertz CT molecular complexity index is 562. The highest BCUT2D eigenvalue weighted by Crippen LogP contribution is 2.25. The Morgan fingerprint density at radius 3 is 3.11 bits per heavy atom. The molecule has 0 aliphatic carbocycles. The van der Waals surface area contributed by atoms with Crippen LogP contribution in [0.4, 0.5) is 11.5 Å². The molecule has 0 unspecified atom stereocenters. The summed E-state index contributed by atoms with van der Waals surface area (Å²) in [4.78, 5) is 14.4. The molecule has 1 aliphatic rings. The molecule has 2 heterocycles. The van der Waals surface area contributed by atoms with E-state index in [1.165, 1.54) is 17.8 Å². The van der Waals surface area contributed by atoms with Crippen molar-refractivity contribution < 1.29 is 4.92 Å². The average Bonchev–Trinajstić information content (AvgIpc) is 2.45. The van der Waals surface area contributed by atoms with E-state index in [0.29, 0.717) is 6.54 Å². The van der Waals surface area contributed by atoms with Crippen LogP contribution in [0.25, 0.3) is 0 Å². The summed E-state index contributed by atoms with van der Waals surface area (Å²) < 4.78 is 0. The molecule has 98 valence electrons. The van der Waals surface area contributed by atoms with Crippen LogP contribution in [0.3, 0.4) is 0 Å². The fraction of sp³-hybridized carbons (Fsp3) is 0.333. The molecule has 0 spiro atoms. The molecule has 1 aromatic rings. The zero-order valence-electron chi connectivity index (χ0n) is 10.2. The number of nitrogens with zero attached hydrogens (tertiary/aromatic N) is 3. The van der Waals surface area contributed by atoms with E-state index in [9.17, 15) is 10.1 Å². The second-order valence-electron chi connectivity index (χ2n) is 4.09. The highest BCUT2D eigenvalue weighted by atomic mass is 16.6. The first-order chi connectivity index (χ1) is 9.22. The molecule has 0 amide bonds. The molecular weight excluding hydrogens is 246 g/mol. The zero-order valence-corrected chi connectivity index (χ0v) is 10.2. The third-order valence-electron chi connectivity index (χ3n) is 2.87. The molecule has 1 aliphatic heterocycles. The molecule has 0 saturated heterocycles. The number of nitro groups is 1. The van der Waals surface area contributed by atoms with Crippen LogP contribution >= 0.6 is 0 Å². The van der Waals surface area contributed by atoms with Crippen LogP contribution in [-0.4, -0.2) is 29.5 Å². The van der Waals surface area contributed by atoms with Gasteiger partial charge in [-0.2, -0.15) is 5.26 Å². The van der Waals surface area contributed by atoms with Crippen LogP contribution in [0, 0.1) is 21.4 Å². The number of pyridine rings is 1. The van der Waals surface area contributed by atoms with E-state index in [2.05, 4.69) is 21.7 Å². The lowest BCUT2D eigenvalue weighted by molar-refractivity contribution is -0.384. The molecule has 0 radical (unpaired) electrons. The van der Waals surface area contributed by atoms with Gasteiger partial charge in [0.1, 0.15) is 11.6 Å². The lowest BCUT2D eigenvalue weighted by Crippen LogP contribution is -2.23. The van der Waals surface area contributed by atoms with Gasteiger partial charge in [-0.05, 0) is 19.0 Å². The van der Waals surface area contributed by atoms with Crippen molar-refractivity contribution in [3.63, 3.8) is 0 Å². The standard InChI is InChI=1S/C12H13N5O2/c13-7-10-3-6-15-12(11(10)17(18)19)16-8-9-1-4-14-5-2-9/h1,3,6,14H,2,4-5,8H2,(H,15,16). The van der Waals surface area contributed by atoms with Crippen molar-refractivity contribution in [1.82, 2.24) is 10.3 Å². The first kappa shape index (κ1) is 13.0. The number of nitrogens with one attached hydrogen (secondary N) is 2. The fourth-order valence-corrected chi connectivity index (χ4v) is 1.89. The second kappa shape index (κ2) is 5.93. The third-order valence-corrected chi connectivity index (χ3v) is 2.87. The summed E-state index contributed by atoms with van der Waals surface area (Å²) in [5.74, 6) is 0.142. The Kier molecular flexibility index (Phi) is 4.05. The molecule has 0 bridgehead atoms. The molecule has 7 nitrogen and oxygen atoms in total. The lowest BCUT2D eigenvalue weighted by atomic mass is 10.1. The fourth-order valence-electron chi connectivity index (χ4n) is 1.89. The highest BCUT2D eigenvalue weighted by Gasteiger charge is 2.21. The molecule has 2 rings (SSSR count). The minimum absolute atomic E-state index is 0.0155. The van der Waals surface area contributed by atoms with E-state index in [0.717, 1.165) is 19.5 Å². The van der Waals surface area contributed by atoms with Gasteiger partial charge in [0, 0.05) is 19.3 Å². The summed E-state index contributed by atoms with van der Waals surface area (Å²) >= 11 is 0. The Hall–Kier alpha value is -2.46. The van der Waals surface area contributed by atoms with Crippen LogP contribution in [-0.2, 0) is 0 Å². The monoisotopic (exact) mass is 259 g/mol. The zero-order chi connectivity index (χ0) is 13.7. The van der Waals surface area contributed by atoms with Gasteiger partial charge in [-0.15, -0.1) is 0 Å². The summed E-state index contributed by atoms with van der Waals surface area (Å²) in [7, 11) is 0. The smallest absolute Gasteiger partial charge is 0.328 e. The van der Waals surface area contributed by atoms with Crippen LogP contribution < -0.4 is 10.6 Å². The highest BCUT2D eigenvalue weighted by molar-refractivity contribution is 5.64. The van der Waals surface area contributed by atoms with Crippen molar-refractivity contribution in [1.29, 1.82) is 5.26 Å². The topological polar surface area (TPSA) is 104 Å². The quantitative estimate of drug-likeness (QED) is 0.478. The predicted molar refractivity (Wildman–Crippen MR) is 69.7 cm³/mol. The van der Waals surface area contributed by atoms with Crippen molar-refractivity contribution in [3.05, 3.63) is 39.6 Å². The molecule has 0 saturated carbocycles. The van der Waals surface area contributed by atoms with E-state index in [1.807, 2.05) is 6.07 Å². The summed E-state index contributed by atoms with van der Waals surface area (Å²) in [6.07, 6.45) is 4.35. The van der Waals surface area contributed by atoms with Gasteiger partial charge in [0.15, 0.2) is 0 Å². The lowest BCUT2D eigenvalue weighted by Gasteiger charge is -2.14. The molecule has 0 aromatic carbocycles. The van der Waals surface area contributed by atoms with Crippen molar-refractivity contribution >= 4 is 11.5 Å².